The van der Waals surface area contributed by atoms with Gasteiger partial charge in [-0.15, -0.1) is 4.68 Å². The van der Waals surface area contributed by atoms with Crippen molar-refractivity contribution in [2.24, 2.45) is 0 Å². The van der Waals surface area contributed by atoms with E-state index in [1.807, 2.05) is 32.0 Å². The van der Waals surface area contributed by atoms with E-state index in [9.17, 15) is 4.79 Å². The Labute approximate surface area is 194 Å². The summed E-state index contributed by atoms with van der Waals surface area (Å²) in [5.41, 5.74) is 9.07. The van der Waals surface area contributed by atoms with Crippen molar-refractivity contribution in [3.8, 4) is 11.6 Å². The number of carbonyl (C=O) groups is 1. The molecule has 9 nitrogen and oxygen atoms in total. The molecule has 1 aromatic carbocycles. The summed E-state index contributed by atoms with van der Waals surface area (Å²) in [7, 11) is 1.66. The number of nitrogens with zero attached hydrogens (tertiary/aromatic N) is 4. The molecule has 2 heterocycles. The first kappa shape index (κ1) is 24.4. The van der Waals surface area contributed by atoms with Crippen LogP contribution in [0, 0.1) is 6.92 Å². The van der Waals surface area contributed by atoms with Gasteiger partial charge >= 0.3 is 5.95 Å². The topological polar surface area (TPSA) is 105 Å². The number of Topliss-reactive ketones (excluding diaryl/α,β-unsaturated/α-hetero) is 1. The van der Waals surface area contributed by atoms with E-state index in [1.54, 1.807) is 13.2 Å². The Hall–Kier alpha value is -3.20. The fraction of sp³-hybridized carbons (Fsp3) is 0.500. The van der Waals surface area contributed by atoms with Crippen LogP contribution < -0.4 is 19.9 Å². The van der Waals surface area contributed by atoms with Crippen molar-refractivity contribution >= 4 is 17.4 Å². The van der Waals surface area contributed by atoms with Crippen LogP contribution in [0.4, 0.5) is 5.95 Å². The van der Waals surface area contributed by atoms with Crippen LogP contribution in [0.25, 0.3) is 5.65 Å². The van der Waals surface area contributed by atoms with E-state index in [2.05, 4.69) is 31.0 Å². The third kappa shape index (κ3) is 5.78. The van der Waals surface area contributed by atoms with Crippen LogP contribution in [0.15, 0.2) is 24.3 Å². The van der Waals surface area contributed by atoms with E-state index in [4.69, 9.17) is 19.9 Å². The summed E-state index contributed by atoms with van der Waals surface area (Å²) in [6, 6.07) is 7.50. The molecule has 0 fully saturated rings. The Morgan fingerprint density at radius 2 is 1.91 bits per heavy atom. The molecule has 0 aliphatic rings. The number of hydrogen-bond donors (Lipinski definition) is 1. The SMILES string of the molecule is CCOc1nn2c(N)[n+](CC(=O)c3cc(OCCCOC)cc(C(C)(C)C)c3)nc2cc1C. The number of aromatic nitrogens is 4. The summed E-state index contributed by atoms with van der Waals surface area (Å²) in [5, 5.41) is 8.89. The second kappa shape index (κ2) is 10.2. The minimum Gasteiger partial charge on any atom is -0.493 e. The lowest BCUT2D eigenvalue weighted by Gasteiger charge is -2.21. The molecule has 3 rings (SSSR count). The number of ether oxygens (including phenoxy) is 3. The molecule has 9 heteroatoms. The van der Waals surface area contributed by atoms with Crippen LogP contribution in [0.3, 0.4) is 0 Å². The maximum absolute atomic E-state index is 13.2. The predicted molar refractivity (Wildman–Crippen MR) is 125 cm³/mol. The highest BCUT2D eigenvalue weighted by Crippen LogP contribution is 2.28. The second-order valence-electron chi connectivity index (χ2n) is 8.97. The molecule has 0 radical (unpaired) electrons. The average molecular weight is 457 g/mol. The second-order valence-corrected chi connectivity index (χ2v) is 8.97. The zero-order valence-corrected chi connectivity index (χ0v) is 20.3. The highest BCUT2D eigenvalue weighted by Gasteiger charge is 2.24. The zero-order valence-electron chi connectivity index (χ0n) is 20.3. The molecule has 33 heavy (non-hydrogen) atoms. The van der Waals surface area contributed by atoms with Crippen LogP contribution >= 0.6 is 0 Å². The van der Waals surface area contributed by atoms with E-state index in [0.29, 0.717) is 42.7 Å². The number of carbonyl (C=O) groups excluding carboxylic acids is 1. The summed E-state index contributed by atoms with van der Waals surface area (Å²) >= 11 is 0. The van der Waals surface area contributed by atoms with Crippen molar-refractivity contribution in [2.45, 2.75) is 53.0 Å². The number of hydrogen-bond acceptors (Lipinski definition) is 7. The molecular weight excluding hydrogens is 422 g/mol. The van der Waals surface area contributed by atoms with Gasteiger partial charge in [0.2, 0.25) is 5.88 Å². The Bertz CT molecular complexity index is 1130. The van der Waals surface area contributed by atoms with Crippen molar-refractivity contribution in [1.82, 2.24) is 14.7 Å². The number of benzene rings is 1. The molecule has 0 unspecified atom stereocenters. The maximum Gasteiger partial charge on any atom is 0.401 e. The minimum atomic E-state index is -0.146. The summed E-state index contributed by atoms with van der Waals surface area (Å²) < 4.78 is 19.5. The highest BCUT2D eigenvalue weighted by atomic mass is 16.5. The first-order valence-corrected chi connectivity index (χ1v) is 11.1. The lowest BCUT2D eigenvalue weighted by Crippen LogP contribution is -2.42. The average Bonchev–Trinajstić information content (AvgIpc) is 3.05. The maximum atomic E-state index is 13.2. The number of methoxy groups -OCH3 is 1. The molecule has 0 bridgehead atoms. The van der Waals surface area contributed by atoms with Gasteiger partial charge in [-0.05, 0) is 43.0 Å². The van der Waals surface area contributed by atoms with Gasteiger partial charge in [0.15, 0.2) is 12.3 Å². The van der Waals surface area contributed by atoms with E-state index >= 15 is 0 Å². The lowest BCUT2D eigenvalue weighted by molar-refractivity contribution is -0.723. The molecule has 3 aromatic rings. The molecule has 0 atom stereocenters. The van der Waals surface area contributed by atoms with Crippen LogP contribution in [0.5, 0.6) is 11.6 Å². The summed E-state index contributed by atoms with van der Waals surface area (Å²) in [6.07, 6.45) is 0.767. The zero-order chi connectivity index (χ0) is 24.2. The predicted octanol–water partition coefficient (Wildman–Crippen LogP) is 2.90. The van der Waals surface area contributed by atoms with Gasteiger partial charge in [-0.2, -0.15) is 0 Å². The molecule has 0 aliphatic carbocycles. The van der Waals surface area contributed by atoms with E-state index in [0.717, 1.165) is 17.5 Å². The number of aryl methyl sites for hydroxylation is 1. The highest BCUT2D eigenvalue weighted by molar-refractivity contribution is 5.95. The van der Waals surface area contributed by atoms with Crippen LogP contribution in [-0.4, -0.2) is 47.4 Å². The standard InChI is InChI=1S/C24H33N5O4/c1-7-32-22-16(2)11-21-26-28(23(25)29(21)27-22)15-20(30)17-12-18(24(3,4)5)14-19(13-17)33-10-8-9-31-6/h11-14,25H,7-10,15H2,1-6H3/p+1. The molecule has 0 amide bonds. The number of ketones is 1. The van der Waals surface area contributed by atoms with Gasteiger partial charge in [-0.3, -0.25) is 10.5 Å². The fourth-order valence-corrected chi connectivity index (χ4v) is 3.35. The van der Waals surface area contributed by atoms with Gasteiger partial charge in [-0.25, -0.2) is 0 Å². The molecule has 178 valence electrons. The number of rotatable bonds is 10. The molecule has 2 aromatic heterocycles. The van der Waals surface area contributed by atoms with Gasteiger partial charge in [0.25, 0.3) is 5.65 Å². The van der Waals surface area contributed by atoms with Crippen LogP contribution in [0.1, 0.15) is 55.6 Å². The van der Waals surface area contributed by atoms with E-state index < -0.39 is 0 Å². The third-order valence-electron chi connectivity index (χ3n) is 5.23. The van der Waals surface area contributed by atoms with Crippen molar-refractivity contribution in [1.29, 1.82) is 0 Å². The van der Waals surface area contributed by atoms with Crippen molar-refractivity contribution in [2.75, 3.05) is 32.7 Å². The van der Waals surface area contributed by atoms with Gasteiger partial charge < -0.3 is 14.2 Å². The Morgan fingerprint density at radius 1 is 1.15 bits per heavy atom. The van der Waals surface area contributed by atoms with Gasteiger partial charge in [0.1, 0.15) is 5.75 Å². The van der Waals surface area contributed by atoms with Crippen molar-refractivity contribution in [3.05, 3.63) is 41.0 Å². The third-order valence-corrected chi connectivity index (χ3v) is 5.23. The van der Waals surface area contributed by atoms with E-state index in [1.165, 1.54) is 9.20 Å². The smallest absolute Gasteiger partial charge is 0.401 e. The minimum absolute atomic E-state index is 0.0189. The number of nitrogen functional groups attached to an aromatic ring is 1. The van der Waals surface area contributed by atoms with Gasteiger partial charge in [0.05, 0.1) is 13.2 Å². The number of anilines is 1. The lowest BCUT2D eigenvalue weighted by atomic mass is 9.85. The van der Waals surface area contributed by atoms with E-state index in [-0.39, 0.29) is 23.7 Å². The Morgan fingerprint density at radius 3 is 2.58 bits per heavy atom. The monoisotopic (exact) mass is 456 g/mol. The quantitative estimate of drug-likeness (QED) is 0.284. The number of nitrogens with two attached hydrogens (primary N) is 1. The fourth-order valence-electron chi connectivity index (χ4n) is 3.35. The molecule has 2 N–H and O–H groups in total. The van der Waals surface area contributed by atoms with Crippen molar-refractivity contribution < 1.29 is 23.7 Å². The Kier molecular flexibility index (Phi) is 7.53. The summed E-state index contributed by atoms with van der Waals surface area (Å²) in [6.45, 7) is 11.7. The number of fused-ring (bicyclic) bond motifs is 1. The summed E-state index contributed by atoms with van der Waals surface area (Å²) in [4.78, 5) is 13.2. The molecular formula is C24H34N5O4+. The van der Waals surface area contributed by atoms with Crippen LogP contribution in [-0.2, 0) is 16.7 Å². The summed E-state index contributed by atoms with van der Waals surface area (Å²) in [5.74, 6) is 1.28. The first-order chi connectivity index (χ1) is 15.6. The van der Waals surface area contributed by atoms with Gasteiger partial charge in [0, 0.05) is 37.3 Å². The van der Waals surface area contributed by atoms with Crippen molar-refractivity contribution in [3.63, 3.8) is 0 Å². The Balaban J connectivity index is 1.89. The van der Waals surface area contributed by atoms with Crippen LogP contribution in [0.2, 0.25) is 0 Å². The molecule has 0 spiro atoms. The van der Waals surface area contributed by atoms with Gasteiger partial charge in [-0.1, -0.05) is 35.5 Å². The largest absolute Gasteiger partial charge is 0.493 e. The molecule has 0 saturated carbocycles. The first-order valence-electron chi connectivity index (χ1n) is 11.1. The normalized spacial score (nSPS) is 11.7. The molecule has 0 aliphatic heterocycles. The molecule has 0 saturated heterocycles.